The monoisotopic (exact) mass is 499 g/mol. The fourth-order valence-electron chi connectivity index (χ4n) is 4.53. The van der Waals surface area contributed by atoms with E-state index in [0.717, 1.165) is 50.1 Å². The second kappa shape index (κ2) is 8.85. The van der Waals surface area contributed by atoms with Crippen molar-refractivity contribution in [2.24, 2.45) is 0 Å². The Kier molecular flexibility index (Phi) is 5.88. The summed E-state index contributed by atoms with van der Waals surface area (Å²) in [5.41, 5.74) is 6.40. The fourth-order valence-corrected chi connectivity index (χ4v) is 5.77. The molecular formula is C24H20ClF2N5OS. The van der Waals surface area contributed by atoms with Crippen LogP contribution >= 0.6 is 22.9 Å². The van der Waals surface area contributed by atoms with Gasteiger partial charge in [-0.1, -0.05) is 30.5 Å². The number of nitrogens with zero attached hydrogens (tertiary/aromatic N) is 4. The average Bonchev–Trinajstić information content (AvgIpc) is 2.98. The van der Waals surface area contributed by atoms with Crippen LogP contribution in [0.15, 0.2) is 18.2 Å². The minimum Gasteiger partial charge on any atom is -0.467 e. The van der Waals surface area contributed by atoms with Gasteiger partial charge in [-0.15, -0.1) is 11.3 Å². The number of nitriles is 1. The lowest BCUT2D eigenvalue weighted by atomic mass is 9.97. The second-order valence-electron chi connectivity index (χ2n) is 8.13. The Labute approximate surface area is 203 Å². The average molecular weight is 500 g/mol. The molecule has 174 valence electrons. The Hall–Kier alpha value is -3.22. The zero-order valence-electron chi connectivity index (χ0n) is 18.3. The number of benzene rings is 2. The molecule has 2 N–H and O–H groups in total. The van der Waals surface area contributed by atoms with E-state index in [9.17, 15) is 9.65 Å². The molecule has 2 aromatic heterocycles. The van der Waals surface area contributed by atoms with E-state index in [4.69, 9.17) is 22.1 Å². The van der Waals surface area contributed by atoms with Gasteiger partial charge in [-0.05, 0) is 30.5 Å². The maximum absolute atomic E-state index is 16.2. The first-order valence-electron chi connectivity index (χ1n) is 10.8. The van der Waals surface area contributed by atoms with Crippen molar-refractivity contribution >= 4 is 54.7 Å². The number of nitrogens with two attached hydrogens (primary N) is 1. The molecule has 0 spiro atoms. The first-order valence-corrected chi connectivity index (χ1v) is 12.0. The third kappa shape index (κ3) is 3.58. The van der Waals surface area contributed by atoms with Crippen molar-refractivity contribution in [3.63, 3.8) is 0 Å². The number of methoxy groups -OCH3 is 1. The number of thiophene rings is 1. The lowest BCUT2D eigenvalue weighted by molar-refractivity contribution is 0.381. The molecule has 3 heterocycles. The van der Waals surface area contributed by atoms with Gasteiger partial charge >= 0.3 is 6.01 Å². The van der Waals surface area contributed by atoms with Crippen molar-refractivity contribution in [3.05, 3.63) is 40.4 Å². The Morgan fingerprint density at radius 3 is 2.59 bits per heavy atom. The Balaban J connectivity index is 1.82. The number of halogens is 3. The van der Waals surface area contributed by atoms with Crippen molar-refractivity contribution in [1.29, 1.82) is 5.26 Å². The normalized spacial score (nSPS) is 14.4. The molecule has 34 heavy (non-hydrogen) atoms. The fraction of sp³-hybridized carbons (Fsp3) is 0.292. The summed E-state index contributed by atoms with van der Waals surface area (Å²) >= 11 is 7.60. The molecule has 1 saturated heterocycles. The van der Waals surface area contributed by atoms with Gasteiger partial charge in [-0.25, -0.2) is 8.78 Å². The molecule has 0 bridgehead atoms. The van der Waals surface area contributed by atoms with Gasteiger partial charge in [-0.3, -0.25) is 0 Å². The zero-order chi connectivity index (χ0) is 24.0. The van der Waals surface area contributed by atoms with Gasteiger partial charge in [0.15, 0.2) is 5.82 Å². The summed E-state index contributed by atoms with van der Waals surface area (Å²) in [6, 6.07) is 6.31. The number of hydrogen-bond donors (Lipinski definition) is 1. The number of aromatic nitrogens is 2. The Morgan fingerprint density at radius 2 is 1.91 bits per heavy atom. The standard InChI is InChI=1S/C24H20ClF2N5OS/c1-33-24-30-20-13(23(31-24)32-8-4-2-3-5-9-32)10-15(25)18(19(20)27)12-6-7-16(26)21-17(12)14(11-28)22(29)34-21/h6-7,10H,2-5,8-9,29H2,1H3. The summed E-state index contributed by atoms with van der Waals surface area (Å²) in [6.45, 7) is 1.57. The molecule has 1 fully saturated rings. The van der Waals surface area contributed by atoms with E-state index in [1.54, 1.807) is 6.07 Å². The van der Waals surface area contributed by atoms with Gasteiger partial charge in [0.25, 0.3) is 0 Å². The van der Waals surface area contributed by atoms with Crippen LogP contribution in [0.2, 0.25) is 5.02 Å². The first-order chi connectivity index (χ1) is 16.4. The lowest BCUT2D eigenvalue weighted by Gasteiger charge is -2.24. The molecule has 2 aromatic carbocycles. The van der Waals surface area contributed by atoms with Crippen LogP contribution < -0.4 is 15.4 Å². The number of rotatable bonds is 3. The van der Waals surface area contributed by atoms with Gasteiger partial charge in [0.1, 0.15) is 28.2 Å². The Bertz CT molecular complexity index is 1470. The highest BCUT2D eigenvalue weighted by Crippen LogP contribution is 2.45. The molecule has 0 unspecified atom stereocenters. The highest BCUT2D eigenvalue weighted by Gasteiger charge is 2.26. The van der Waals surface area contributed by atoms with Crippen molar-refractivity contribution in [1.82, 2.24) is 9.97 Å². The number of hydrogen-bond acceptors (Lipinski definition) is 7. The van der Waals surface area contributed by atoms with Crippen molar-refractivity contribution in [2.45, 2.75) is 25.7 Å². The van der Waals surface area contributed by atoms with E-state index in [0.29, 0.717) is 11.2 Å². The molecule has 0 amide bonds. The van der Waals surface area contributed by atoms with Crippen LogP contribution in [0.3, 0.4) is 0 Å². The van der Waals surface area contributed by atoms with E-state index < -0.39 is 11.6 Å². The summed E-state index contributed by atoms with van der Waals surface area (Å²) in [5, 5.41) is 10.6. The third-order valence-electron chi connectivity index (χ3n) is 6.13. The predicted molar refractivity (Wildman–Crippen MR) is 132 cm³/mol. The third-order valence-corrected chi connectivity index (χ3v) is 7.46. The van der Waals surface area contributed by atoms with E-state index >= 15 is 4.39 Å². The maximum Gasteiger partial charge on any atom is 0.318 e. The first kappa shape index (κ1) is 22.6. The van der Waals surface area contributed by atoms with E-state index in [-0.39, 0.29) is 48.3 Å². The molecule has 1 aliphatic rings. The van der Waals surface area contributed by atoms with Gasteiger partial charge in [0.2, 0.25) is 0 Å². The molecule has 0 radical (unpaired) electrons. The van der Waals surface area contributed by atoms with Crippen molar-refractivity contribution < 1.29 is 13.5 Å². The summed E-state index contributed by atoms with van der Waals surface area (Å²) in [6.07, 6.45) is 4.27. The molecular weight excluding hydrogens is 480 g/mol. The number of nitrogen functional groups attached to an aromatic ring is 1. The minimum atomic E-state index is -0.694. The molecule has 0 aliphatic carbocycles. The van der Waals surface area contributed by atoms with Crippen LogP contribution in [0.4, 0.5) is 19.6 Å². The van der Waals surface area contributed by atoms with Crippen LogP contribution in [-0.4, -0.2) is 30.2 Å². The van der Waals surface area contributed by atoms with Crippen LogP contribution in [0.25, 0.3) is 32.1 Å². The van der Waals surface area contributed by atoms with E-state index in [1.807, 2.05) is 6.07 Å². The molecule has 6 nitrogen and oxygen atoms in total. The number of anilines is 2. The maximum atomic E-state index is 16.2. The summed E-state index contributed by atoms with van der Waals surface area (Å²) in [4.78, 5) is 10.9. The van der Waals surface area contributed by atoms with Gasteiger partial charge in [0.05, 0.1) is 22.4 Å². The van der Waals surface area contributed by atoms with Crippen LogP contribution in [-0.2, 0) is 0 Å². The highest BCUT2D eigenvalue weighted by molar-refractivity contribution is 7.23. The molecule has 0 atom stereocenters. The molecule has 5 rings (SSSR count). The second-order valence-corrected chi connectivity index (χ2v) is 9.59. The molecule has 10 heteroatoms. The van der Waals surface area contributed by atoms with Gasteiger partial charge in [-0.2, -0.15) is 15.2 Å². The summed E-state index contributed by atoms with van der Waals surface area (Å²) in [7, 11) is 1.43. The smallest absolute Gasteiger partial charge is 0.318 e. The largest absolute Gasteiger partial charge is 0.467 e. The van der Waals surface area contributed by atoms with E-state index in [1.165, 1.54) is 19.2 Å². The number of ether oxygens (including phenoxy) is 1. The van der Waals surface area contributed by atoms with Crippen molar-refractivity contribution in [2.75, 3.05) is 30.8 Å². The highest BCUT2D eigenvalue weighted by atomic mass is 35.5. The quantitative estimate of drug-likeness (QED) is 0.356. The van der Waals surface area contributed by atoms with Crippen molar-refractivity contribution in [3.8, 4) is 23.2 Å². The SMILES string of the molecule is COc1nc(N2CCCCCC2)c2cc(Cl)c(-c3ccc(F)c4sc(N)c(C#N)c34)c(F)c2n1. The summed E-state index contributed by atoms with van der Waals surface area (Å²) < 4.78 is 36.2. The molecule has 4 aromatic rings. The van der Waals surface area contributed by atoms with Gasteiger partial charge in [0, 0.05) is 29.4 Å². The van der Waals surface area contributed by atoms with Crippen LogP contribution in [0.1, 0.15) is 31.2 Å². The van der Waals surface area contributed by atoms with Crippen LogP contribution in [0.5, 0.6) is 6.01 Å². The summed E-state index contributed by atoms with van der Waals surface area (Å²) in [5.74, 6) is -0.666. The zero-order valence-corrected chi connectivity index (χ0v) is 19.9. The minimum absolute atomic E-state index is 0.0241. The number of fused-ring (bicyclic) bond motifs is 2. The van der Waals surface area contributed by atoms with Crippen LogP contribution in [0, 0.1) is 23.0 Å². The van der Waals surface area contributed by atoms with E-state index in [2.05, 4.69) is 14.9 Å². The lowest BCUT2D eigenvalue weighted by Crippen LogP contribution is -2.25. The topological polar surface area (TPSA) is 88.1 Å². The Morgan fingerprint density at radius 1 is 1.18 bits per heavy atom. The van der Waals surface area contributed by atoms with Gasteiger partial charge < -0.3 is 15.4 Å². The predicted octanol–water partition coefficient (Wildman–Crippen LogP) is 6.29. The molecule has 0 saturated carbocycles. The molecule has 1 aliphatic heterocycles.